The van der Waals surface area contributed by atoms with Gasteiger partial charge in [0.25, 0.3) is 0 Å². The van der Waals surface area contributed by atoms with Gasteiger partial charge in [-0.2, -0.15) is 0 Å². The van der Waals surface area contributed by atoms with Gasteiger partial charge in [-0.05, 0) is 17.9 Å². The highest BCUT2D eigenvalue weighted by atomic mass is 32.1. The van der Waals surface area contributed by atoms with Crippen molar-refractivity contribution in [2.24, 2.45) is 5.73 Å². The van der Waals surface area contributed by atoms with Crippen molar-refractivity contribution in [1.29, 1.82) is 0 Å². The van der Waals surface area contributed by atoms with Crippen molar-refractivity contribution in [2.45, 2.75) is 32.1 Å². The number of hydrogen-bond donors (Lipinski definition) is 2. The molecule has 2 amide bonds. The molecule has 1 aliphatic rings. The van der Waals surface area contributed by atoms with Crippen molar-refractivity contribution in [1.82, 2.24) is 5.32 Å². The summed E-state index contributed by atoms with van der Waals surface area (Å²) in [4.78, 5) is 22.0. The second-order valence-electron chi connectivity index (χ2n) is 3.94. The van der Waals surface area contributed by atoms with Crippen molar-refractivity contribution >= 4 is 23.2 Å². The van der Waals surface area contributed by atoms with Crippen LogP contribution in [-0.4, -0.2) is 18.4 Å². The van der Waals surface area contributed by atoms with Gasteiger partial charge in [-0.1, -0.05) is 13.0 Å². The summed E-state index contributed by atoms with van der Waals surface area (Å²) in [5, 5.41) is 4.88. The molecule has 0 saturated carbocycles. The van der Waals surface area contributed by atoms with Gasteiger partial charge in [0.2, 0.25) is 11.8 Å². The molecule has 3 N–H and O–H groups in total. The summed E-state index contributed by atoms with van der Waals surface area (Å²) in [7, 11) is 0. The van der Waals surface area contributed by atoms with Crippen LogP contribution < -0.4 is 11.1 Å². The van der Waals surface area contributed by atoms with Gasteiger partial charge < -0.3 is 11.1 Å². The lowest BCUT2D eigenvalue weighted by Gasteiger charge is -2.00. The van der Waals surface area contributed by atoms with Crippen molar-refractivity contribution in [2.75, 3.05) is 6.54 Å². The first-order chi connectivity index (χ1) is 8.13. The summed E-state index contributed by atoms with van der Waals surface area (Å²) in [5.41, 5.74) is 4.76. The zero-order chi connectivity index (χ0) is 12.7. The van der Waals surface area contributed by atoms with Gasteiger partial charge >= 0.3 is 0 Å². The minimum atomic E-state index is -0.211. The number of carbonyl (C=O) groups is 2. The zero-order valence-corrected chi connectivity index (χ0v) is 10.8. The summed E-state index contributed by atoms with van der Waals surface area (Å²) in [6, 6.07) is 4.12. The quantitative estimate of drug-likeness (QED) is 0.860. The molecule has 17 heavy (non-hydrogen) atoms. The van der Waals surface area contributed by atoms with E-state index in [-0.39, 0.29) is 11.8 Å². The summed E-state index contributed by atoms with van der Waals surface area (Å²) in [6.07, 6.45) is 2.04. The van der Waals surface area contributed by atoms with Crippen LogP contribution in [0.25, 0.3) is 0 Å². The Morgan fingerprint density at radius 2 is 2.41 bits per heavy atom. The van der Waals surface area contributed by atoms with Crippen LogP contribution in [-0.2, 0) is 9.59 Å². The van der Waals surface area contributed by atoms with E-state index in [1.54, 1.807) is 11.3 Å². The monoisotopic (exact) mass is 254 g/mol. The Bertz CT molecular complexity index is 363. The molecule has 0 radical (unpaired) electrons. The third-order valence-electron chi connectivity index (χ3n) is 2.42. The number of carbonyl (C=O) groups excluding carboxylic acids is 2. The highest BCUT2D eigenvalue weighted by Gasteiger charge is 2.23. The van der Waals surface area contributed by atoms with Gasteiger partial charge in [0.1, 0.15) is 0 Å². The zero-order valence-electron chi connectivity index (χ0n) is 9.94. The predicted octanol–water partition coefficient (Wildman–Crippen LogP) is 1.62. The fourth-order valence-electron chi connectivity index (χ4n) is 1.58. The molecule has 1 aromatic heterocycles. The normalized spacial score (nSPS) is 18.2. The maximum atomic E-state index is 10.8. The Balaban J connectivity index is 0.000000209. The van der Waals surface area contributed by atoms with Crippen LogP contribution in [0.3, 0.4) is 0 Å². The van der Waals surface area contributed by atoms with Crippen LogP contribution in [0.15, 0.2) is 17.5 Å². The molecule has 1 aromatic rings. The van der Waals surface area contributed by atoms with E-state index in [9.17, 15) is 9.59 Å². The molecule has 1 fully saturated rings. The van der Waals surface area contributed by atoms with Crippen LogP contribution in [0.1, 0.15) is 37.0 Å². The molecular weight excluding hydrogens is 236 g/mol. The Morgan fingerprint density at radius 3 is 2.76 bits per heavy atom. The number of thiophene rings is 1. The van der Waals surface area contributed by atoms with E-state index >= 15 is 0 Å². The molecule has 94 valence electrons. The smallest absolute Gasteiger partial charge is 0.220 e. The van der Waals surface area contributed by atoms with Crippen molar-refractivity contribution in [3.05, 3.63) is 22.4 Å². The van der Waals surface area contributed by atoms with E-state index in [0.717, 1.165) is 13.0 Å². The SMILES string of the molecule is CCCC(N)=O.O=C1CC(c2cccs2)CN1. The topological polar surface area (TPSA) is 72.2 Å². The minimum absolute atomic E-state index is 0.184. The van der Waals surface area contributed by atoms with E-state index in [2.05, 4.69) is 16.8 Å². The average Bonchev–Trinajstić information content (AvgIpc) is 2.88. The molecule has 1 unspecified atom stereocenters. The lowest BCUT2D eigenvalue weighted by atomic mass is 10.1. The number of nitrogens with two attached hydrogens (primary N) is 1. The van der Waals surface area contributed by atoms with Crippen molar-refractivity contribution in [3.63, 3.8) is 0 Å². The molecule has 1 aliphatic heterocycles. The van der Waals surface area contributed by atoms with Crippen LogP contribution in [0.4, 0.5) is 0 Å². The van der Waals surface area contributed by atoms with Crippen LogP contribution in [0.5, 0.6) is 0 Å². The molecule has 0 aromatic carbocycles. The van der Waals surface area contributed by atoms with Crippen LogP contribution in [0, 0.1) is 0 Å². The number of hydrogen-bond acceptors (Lipinski definition) is 3. The van der Waals surface area contributed by atoms with Gasteiger partial charge in [-0.25, -0.2) is 0 Å². The number of rotatable bonds is 3. The van der Waals surface area contributed by atoms with Crippen molar-refractivity contribution in [3.8, 4) is 0 Å². The fraction of sp³-hybridized carbons (Fsp3) is 0.500. The molecule has 0 bridgehead atoms. The van der Waals surface area contributed by atoms with Gasteiger partial charge in [-0.15, -0.1) is 11.3 Å². The molecule has 2 heterocycles. The highest BCUT2D eigenvalue weighted by Crippen LogP contribution is 2.26. The summed E-state index contributed by atoms with van der Waals surface area (Å²) >= 11 is 1.73. The molecule has 5 heteroatoms. The molecule has 1 atom stereocenters. The van der Waals surface area contributed by atoms with E-state index < -0.39 is 0 Å². The van der Waals surface area contributed by atoms with E-state index in [0.29, 0.717) is 18.8 Å². The molecule has 1 saturated heterocycles. The molecule has 4 nitrogen and oxygen atoms in total. The second-order valence-corrected chi connectivity index (χ2v) is 4.92. The molecule has 0 spiro atoms. The molecular formula is C12H18N2O2S. The number of amides is 2. The third kappa shape index (κ3) is 4.99. The first kappa shape index (κ1) is 13.7. The average molecular weight is 254 g/mol. The lowest BCUT2D eigenvalue weighted by molar-refractivity contribution is -0.119. The largest absolute Gasteiger partial charge is 0.370 e. The third-order valence-corrected chi connectivity index (χ3v) is 3.45. The Hall–Kier alpha value is -1.36. The standard InChI is InChI=1S/C8H9NOS.C4H9NO/c10-8-4-6(5-9-8)7-2-1-3-11-7;1-2-3-4(5)6/h1-3,6H,4-5H2,(H,9,10);2-3H2,1H3,(H2,5,6). The maximum Gasteiger partial charge on any atom is 0.220 e. The number of nitrogens with one attached hydrogen (secondary N) is 1. The van der Waals surface area contributed by atoms with E-state index in [4.69, 9.17) is 5.73 Å². The van der Waals surface area contributed by atoms with E-state index in [1.165, 1.54) is 4.88 Å². The van der Waals surface area contributed by atoms with Crippen LogP contribution in [0.2, 0.25) is 0 Å². The first-order valence-electron chi connectivity index (χ1n) is 5.72. The van der Waals surface area contributed by atoms with E-state index in [1.807, 2.05) is 13.0 Å². The Morgan fingerprint density at radius 1 is 1.65 bits per heavy atom. The minimum Gasteiger partial charge on any atom is -0.370 e. The first-order valence-corrected chi connectivity index (χ1v) is 6.59. The van der Waals surface area contributed by atoms with Gasteiger partial charge in [0.15, 0.2) is 0 Å². The van der Waals surface area contributed by atoms with Gasteiger partial charge in [-0.3, -0.25) is 9.59 Å². The summed E-state index contributed by atoms with van der Waals surface area (Å²) < 4.78 is 0. The van der Waals surface area contributed by atoms with Gasteiger partial charge in [0, 0.05) is 30.2 Å². The Kier molecular flexibility index (Phi) is 5.69. The highest BCUT2D eigenvalue weighted by molar-refractivity contribution is 7.10. The lowest BCUT2D eigenvalue weighted by Crippen LogP contribution is -2.13. The van der Waals surface area contributed by atoms with Crippen molar-refractivity contribution < 1.29 is 9.59 Å². The Labute approximate surface area is 105 Å². The predicted molar refractivity (Wildman–Crippen MR) is 68.8 cm³/mol. The second kappa shape index (κ2) is 7.06. The molecule has 0 aliphatic carbocycles. The number of primary amides is 1. The molecule has 2 rings (SSSR count). The fourth-order valence-corrected chi connectivity index (χ4v) is 2.41. The van der Waals surface area contributed by atoms with Crippen LogP contribution >= 0.6 is 11.3 Å². The van der Waals surface area contributed by atoms with Gasteiger partial charge in [0.05, 0.1) is 0 Å². The maximum absolute atomic E-state index is 10.8. The summed E-state index contributed by atoms with van der Waals surface area (Å²) in [6.45, 7) is 2.74. The summed E-state index contributed by atoms with van der Waals surface area (Å²) in [5.74, 6) is 0.406.